The van der Waals surface area contributed by atoms with Crippen molar-refractivity contribution in [1.82, 2.24) is 0 Å². The molecule has 0 unspecified atom stereocenters. The van der Waals surface area contributed by atoms with Crippen LogP contribution < -0.4 is 4.90 Å². The van der Waals surface area contributed by atoms with Crippen molar-refractivity contribution in [3.05, 3.63) is 190 Å². The topological polar surface area (TPSA) is 3.24 Å². The number of nitrogens with zero attached hydrogens (tertiary/aromatic N) is 1. The lowest BCUT2D eigenvalue weighted by Crippen LogP contribution is -2.12. The number of benzene rings is 6. The molecule has 0 N–H and O–H groups in total. The highest BCUT2D eigenvalue weighted by Crippen LogP contribution is 2.52. The molecule has 0 saturated heterocycles. The fraction of sp³-hybridized carbons (Fsp3) is 0.304. The van der Waals surface area contributed by atoms with Gasteiger partial charge in [0.2, 0.25) is 0 Å². The Kier molecular flexibility index (Phi) is 13.9. The Bertz CT molecular complexity index is 3210. The molecule has 6 aromatic carbocycles. The van der Waals surface area contributed by atoms with Gasteiger partial charge in [-0.3, -0.25) is 0 Å². The Labute approximate surface area is 450 Å². The molecular formula is C69H75NS3. The van der Waals surface area contributed by atoms with Crippen LogP contribution in [0.4, 0.5) is 17.1 Å². The lowest BCUT2D eigenvalue weighted by atomic mass is 9.92. The van der Waals surface area contributed by atoms with Crippen molar-refractivity contribution in [1.29, 1.82) is 0 Å². The first kappa shape index (κ1) is 52.1. The van der Waals surface area contributed by atoms with E-state index < -0.39 is 0 Å². The number of aryl methyl sites for hydroxylation is 15. The van der Waals surface area contributed by atoms with E-state index >= 15 is 0 Å². The lowest BCUT2D eigenvalue weighted by Gasteiger charge is -2.30. The zero-order chi connectivity index (χ0) is 53.0. The lowest BCUT2D eigenvalue weighted by molar-refractivity contribution is 1.22. The minimum Gasteiger partial charge on any atom is -0.310 e. The minimum atomic E-state index is 1.18. The fourth-order valence-electron chi connectivity index (χ4n) is 12.6. The zero-order valence-corrected chi connectivity index (χ0v) is 50.0. The molecule has 0 spiro atoms. The predicted octanol–water partition coefficient (Wildman–Crippen LogP) is 21.8. The predicted molar refractivity (Wildman–Crippen MR) is 327 cm³/mol. The zero-order valence-electron chi connectivity index (χ0n) is 47.6. The smallest absolute Gasteiger partial charge is 0.0467 e. The molecule has 0 bridgehead atoms. The van der Waals surface area contributed by atoms with E-state index in [1.54, 1.807) is 0 Å². The minimum absolute atomic E-state index is 1.18. The van der Waals surface area contributed by atoms with E-state index in [1.165, 1.54) is 197 Å². The van der Waals surface area contributed by atoms with Gasteiger partial charge in [-0.2, -0.15) is 0 Å². The molecule has 9 aromatic rings. The van der Waals surface area contributed by atoms with Gasteiger partial charge in [-0.25, -0.2) is 0 Å². The second-order valence-corrected chi connectivity index (χ2v) is 25.1. The second kappa shape index (κ2) is 19.5. The quantitative estimate of drug-likeness (QED) is 0.139. The molecular weight excluding hydrogens is 939 g/mol. The Morgan fingerprint density at radius 2 is 0.342 bits per heavy atom. The molecule has 0 saturated carbocycles. The third-order valence-electron chi connectivity index (χ3n) is 16.1. The van der Waals surface area contributed by atoms with Crippen molar-refractivity contribution in [2.24, 2.45) is 0 Å². The fourth-order valence-corrected chi connectivity index (χ4v) is 17.6. The number of hydrogen-bond acceptors (Lipinski definition) is 4. The second-order valence-electron chi connectivity index (χ2n) is 22.1. The molecule has 0 amide bonds. The summed E-state index contributed by atoms with van der Waals surface area (Å²) in [6.07, 6.45) is 0. The summed E-state index contributed by atoms with van der Waals surface area (Å²) in [6, 6.07) is 28.7. The van der Waals surface area contributed by atoms with Gasteiger partial charge >= 0.3 is 0 Å². The standard InChI is InChI=1S/C69H75NS3/c1-34-22-37(4)58(38(5)23-34)64-49(16)52(19)67(71-64)61-43(10)28-55(29-44(61)11)70(56-30-45(12)62(46(13)31-56)68-53(20)50(17)65(72-68)59-39(6)24-35(2)25-40(59)7)57-32-47(14)63(48(15)33-57)69-54(21)51(18)66(73-69)60-41(8)26-36(3)27-42(60)9/h22-33H,1-21H3. The largest absolute Gasteiger partial charge is 0.310 e. The van der Waals surface area contributed by atoms with Crippen LogP contribution in [0.5, 0.6) is 0 Å². The summed E-state index contributed by atoms with van der Waals surface area (Å²) in [6.45, 7) is 48.2. The molecule has 4 heteroatoms. The van der Waals surface area contributed by atoms with Gasteiger partial charge in [0.05, 0.1) is 0 Å². The van der Waals surface area contributed by atoms with Crippen LogP contribution >= 0.6 is 34.0 Å². The number of hydrogen-bond donors (Lipinski definition) is 0. The highest BCUT2D eigenvalue weighted by Gasteiger charge is 2.27. The SMILES string of the molecule is Cc1cc(C)c(-c2sc(-c3c(C)cc(N(c4cc(C)c(-c5sc(-c6c(C)cc(C)cc6C)c(C)c5C)c(C)c4)c4cc(C)c(-c5sc(-c6c(C)cc(C)cc6C)c(C)c5C)c(C)c4)cc3C)c(C)c2C)c(C)c1. The number of thiophene rings is 3. The molecule has 0 aliphatic rings. The summed E-state index contributed by atoms with van der Waals surface area (Å²) < 4.78 is 0. The Morgan fingerprint density at radius 1 is 0.205 bits per heavy atom. The number of anilines is 3. The molecule has 374 valence electrons. The van der Waals surface area contributed by atoms with E-state index in [4.69, 9.17) is 0 Å². The van der Waals surface area contributed by atoms with Gasteiger partial charge in [0.1, 0.15) is 0 Å². The van der Waals surface area contributed by atoms with E-state index in [0.29, 0.717) is 0 Å². The first-order valence-electron chi connectivity index (χ1n) is 26.1. The van der Waals surface area contributed by atoms with Gasteiger partial charge in [-0.15, -0.1) is 34.0 Å². The molecule has 3 heterocycles. The van der Waals surface area contributed by atoms with Crippen LogP contribution in [0.1, 0.15) is 117 Å². The van der Waals surface area contributed by atoms with Crippen molar-refractivity contribution >= 4 is 51.1 Å². The summed E-state index contributed by atoms with van der Waals surface area (Å²) in [4.78, 5) is 10.8. The number of rotatable bonds is 9. The van der Waals surface area contributed by atoms with Crippen molar-refractivity contribution < 1.29 is 0 Å². The first-order valence-corrected chi connectivity index (χ1v) is 28.5. The van der Waals surface area contributed by atoms with E-state index in [-0.39, 0.29) is 0 Å². The van der Waals surface area contributed by atoms with Crippen molar-refractivity contribution in [2.45, 2.75) is 145 Å². The van der Waals surface area contributed by atoms with Crippen molar-refractivity contribution in [2.75, 3.05) is 4.90 Å². The van der Waals surface area contributed by atoms with Crippen LogP contribution in [-0.2, 0) is 0 Å². The Morgan fingerprint density at radius 3 is 0.493 bits per heavy atom. The molecule has 0 fully saturated rings. The van der Waals surface area contributed by atoms with Gasteiger partial charge < -0.3 is 4.90 Å². The average Bonchev–Trinajstić information content (AvgIpc) is 3.83. The van der Waals surface area contributed by atoms with Crippen molar-refractivity contribution in [3.8, 4) is 62.6 Å². The monoisotopic (exact) mass is 1010 g/mol. The maximum absolute atomic E-state index is 2.54. The summed E-state index contributed by atoms with van der Waals surface area (Å²) in [5.74, 6) is 0. The molecule has 0 radical (unpaired) electrons. The highest BCUT2D eigenvalue weighted by atomic mass is 32.1. The third kappa shape index (κ3) is 9.00. The van der Waals surface area contributed by atoms with Gasteiger partial charge in [0, 0.05) is 46.3 Å². The average molecular weight is 1010 g/mol. The summed E-state index contributed by atoms with van der Waals surface area (Å²) in [5.41, 5.74) is 39.9. The van der Waals surface area contributed by atoms with Gasteiger partial charge in [0.15, 0.2) is 0 Å². The summed E-state index contributed by atoms with van der Waals surface area (Å²) >= 11 is 5.90. The maximum atomic E-state index is 2.54. The van der Waals surface area contributed by atoms with Crippen molar-refractivity contribution in [3.63, 3.8) is 0 Å². The molecule has 73 heavy (non-hydrogen) atoms. The van der Waals surface area contributed by atoms with Crippen LogP contribution in [0.25, 0.3) is 62.6 Å². The van der Waals surface area contributed by atoms with E-state index in [2.05, 4.69) is 223 Å². The Hall–Kier alpha value is -5.78. The van der Waals surface area contributed by atoms with E-state index in [1.807, 2.05) is 34.0 Å². The molecule has 9 rings (SSSR count). The first-order chi connectivity index (χ1) is 34.4. The van der Waals surface area contributed by atoms with E-state index in [9.17, 15) is 0 Å². The Balaban J connectivity index is 1.22. The van der Waals surface area contributed by atoms with Gasteiger partial charge in [0.25, 0.3) is 0 Å². The molecule has 0 atom stereocenters. The van der Waals surface area contributed by atoms with Crippen LogP contribution in [0.15, 0.2) is 72.8 Å². The van der Waals surface area contributed by atoms with Crippen LogP contribution in [0, 0.1) is 145 Å². The normalized spacial score (nSPS) is 11.6. The van der Waals surface area contributed by atoms with Crippen LogP contribution in [0.3, 0.4) is 0 Å². The summed E-state index contributed by atoms with van der Waals surface area (Å²) in [5, 5.41) is 0. The van der Waals surface area contributed by atoms with Gasteiger partial charge in [-0.1, -0.05) is 53.1 Å². The molecule has 3 aromatic heterocycles. The van der Waals surface area contributed by atoms with E-state index in [0.717, 1.165) is 0 Å². The molecule has 0 aliphatic carbocycles. The molecule has 0 aliphatic heterocycles. The highest BCUT2D eigenvalue weighted by molar-refractivity contribution is 7.20. The van der Waals surface area contributed by atoms with Crippen LogP contribution in [0.2, 0.25) is 0 Å². The maximum Gasteiger partial charge on any atom is 0.0467 e. The van der Waals surface area contributed by atoms with Crippen LogP contribution in [-0.4, -0.2) is 0 Å². The molecule has 1 nitrogen and oxygen atoms in total. The summed E-state index contributed by atoms with van der Waals surface area (Å²) in [7, 11) is 0. The van der Waals surface area contributed by atoms with Gasteiger partial charge in [-0.05, 0) is 315 Å². The third-order valence-corrected chi connectivity index (χ3v) is 20.4.